The van der Waals surface area contributed by atoms with Crippen molar-refractivity contribution in [2.24, 2.45) is 0 Å². The van der Waals surface area contributed by atoms with E-state index >= 15 is 13.2 Å². The van der Waals surface area contributed by atoms with Crippen LogP contribution in [0, 0.1) is 0 Å². The van der Waals surface area contributed by atoms with E-state index in [1.165, 1.54) is 12.1 Å². The fourth-order valence-corrected chi connectivity index (χ4v) is 8.03. The molecule has 276 valence electrons. The third-order valence-electron chi connectivity index (χ3n) is 10.5. The highest BCUT2D eigenvalue weighted by Crippen LogP contribution is 2.58. The van der Waals surface area contributed by atoms with Crippen molar-refractivity contribution < 1.29 is 34.6 Å². The van der Waals surface area contributed by atoms with E-state index in [-0.39, 0.29) is 17.3 Å². The van der Waals surface area contributed by atoms with Crippen molar-refractivity contribution >= 4 is 38.6 Å². The maximum absolute atomic E-state index is 15.1. The molecule has 0 aliphatic heterocycles. The number of rotatable bonds is 5. The fourth-order valence-electron chi connectivity index (χ4n) is 8.03. The number of halogens is 6. The van der Waals surface area contributed by atoms with Gasteiger partial charge in [-0.3, -0.25) is 0 Å². The minimum Gasteiger partial charge on any atom is -0.310 e. The van der Waals surface area contributed by atoms with Crippen molar-refractivity contribution in [3.05, 3.63) is 186 Å². The Morgan fingerprint density at radius 3 is 1.73 bits per heavy atom. The maximum Gasteiger partial charge on any atom is 0.416 e. The van der Waals surface area contributed by atoms with E-state index in [1.807, 2.05) is 103 Å². The first kappa shape index (κ1) is 29.0. The van der Waals surface area contributed by atoms with Gasteiger partial charge in [0, 0.05) is 30.6 Å². The third kappa shape index (κ3) is 5.81. The van der Waals surface area contributed by atoms with Gasteiger partial charge < -0.3 is 4.90 Å². The molecule has 0 amide bonds. The Kier molecular flexibility index (Phi) is 6.67. The smallest absolute Gasteiger partial charge is 0.310 e. The molecular weight excluding hydrogens is 717 g/mol. The van der Waals surface area contributed by atoms with Gasteiger partial charge in [0.15, 0.2) is 0 Å². The number of fused-ring (bicyclic) bond motifs is 6. The lowest BCUT2D eigenvalue weighted by Gasteiger charge is -2.29. The van der Waals surface area contributed by atoms with Gasteiger partial charge in [0.2, 0.25) is 0 Å². The lowest BCUT2D eigenvalue weighted by Crippen LogP contribution is -2.22. The van der Waals surface area contributed by atoms with Crippen LogP contribution >= 0.6 is 0 Å². The molecule has 8 aromatic carbocycles. The predicted octanol–water partition coefficient (Wildman–Crippen LogP) is 15.1. The molecule has 7 heteroatoms. The Bertz CT molecular complexity index is 3000. The van der Waals surface area contributed by atoms with Crippen molar-refractivity contribution in [1.29, 1.82) is 0 Å². The van der Waals surface area contributed by atoms with Crippen LogP contribution in [0.15, 0.2) is 164 Å². The van der Waals surface area contributed by atoms with E-state index in [1.54, 1.807) is 29.2 Å². The maximum atomic E-state index is 15.1. The number of hydrogen-bond donors (Lipinski definition) is 0. The number of hydrogen-bond acceptors (Lipinski definition) is 1. The molecule has 9 rings (SSSR count). The van der Waals surface area contributed by atoms with Crippen LogP contribution in [0.2, 0.25) is 0 Å². The van der Waals surface area contributed by atoms with Gasteiger partial charge in [0.1, 0.15) is 0 Å². The Hall–Kier alpha value is -6.34. The van der Waals surface area contributed by atoms with Crippen LogP contribution in [0.25, 0.3) is 54.9 Å². The van der Waals surface area contributed by atoms with Crippen LogP contribution in [0.1, 0.15) is 44.2 Å². The van der Waals surface area contributed by atoms with E-state index in [4.69, 9.17) is 8.22 Å². The van der Waals surface area contributed by atoms with Gasteiger partial charge >= 0.3 is 12.4 Å². The standard InChI is InChI=1S/C49H33F6N/c1-47(2)42-17-10-18-44(45(42)41-28-34(48(50,51)52)29-43(46(41)47)49(53,54)55)56(35-23-19-31(20-24-35)30-11-4-3-5-12-30)36-25-21-32(22-26-36)40-27-33-13-6-7-14-37(33)38-15-8-9-16-39(38)40/h3-29H,1-2H3/i1D3,2D3. The fraction of sp³-hybridized carbons (Fsp3) is 0.102. The molecule has 0 spiro atoms. The van der Waals surface area contributed by atoms with Gasteiger partial charge in [-0.15, -0.1) is 0 Å². The van der Waals surface area contributed by atoms with Gasteiger partial charge in [-0.25, -0.2) is 0 Å². The van der Waals surface area contributed by atoms with Crippen LogP contribution in [0.4, 0.5) is 43.4 Å². The highest BCUT2D eigenvalue weighted by molar-refractivity contribution is 6.13. The molecule has 1 aliphatic carbocycles. The van der Waals surface area contributed by atoms with Gasteiger partial charge in [0.25, 0.3) is 0 Å². The first-order chi connectivity index (χ1) is 29.3. The van der Waals surface area contributed by atoms with E-state index in [0.717, 1.165) is 49.9 Å². The van der Waals surface area contributed by atoms with Crippen molar-refractivity contribution in [2.75, 3.05) is 4.90 Å². The summed E-state index contributed by atoms with van der Waals surface area (Å²) in [5.41, 5.74) is -5.83. The number of alkyl halides is 6. The Balaban J connectivity index is 1.33. The summed E-state index contributed by atoms with van der Waals surface area (Å²) < 4.78 is 141. The Labute approximate surface area is 328 Å². The highest BCUT2D eigenvalue weighted by atomic mass is 19.4. The summed E-state index contributed by atoms with van der Waals surface area (Å²) in [5, 5.41) is 4.09. The predicted molar refractivity (Wildman–Crippen MR) is 215 cm³/mol. The van der Waals surface area contributed by atoms with Gasteiger partial charge in [0.05, 0.1) is 16.8 Å². The molecule has 1 aliphatic rings. The lowest BCUT2D eigenvalue weighted by molar-refractivity contribution is -0.143. The van der Waals surface area contributed by atoms with E-state index in [0.29, 0.717) is 17.4 Å². The molecule has 0 saturated carbocycles. The second-order valence-corrected chi connectivity index (χ2v) is 13.9. The molecule has 0 radical (unpaired) electrons. The van der Waals surface area contributed by atoms with Crippen LogP contribution in [0.3, 0.4) is 0 Å². The molecule has 0 bridgehead atoms. The SMILES string of the molecule is [2H]C([2H])([2H])C1(C([2H])([2H])[2H])c2cccc(N(c3ccc(-c4ccccc4)cc3)c3ccc(-c4cc5ccccc5c5ccccc45)cc3)c2-c2cc(C(F)(F)F)cc(C(F)(F)F)c21. The molecule has 8 aromatic rings. The second-order valence-electron chi connectivity index (χ2n) is 13.9. The van der Waals surface area contributed by atoms with Crippen molar-refractivity contribution in [2.45, 2.75) is 31.5 Å². The van der Waals surface area contributed by atoms with Crippen molar-refractivity contribution in [3.8, 4) is 33.4 Å². The zero-order valence-corrected chi connectivity index (χ0v) is 29.3. The van der Waals surface area contributed by atoms with E-state index in [2.05, 4.69) is 6.07 Å². The van der Waals surface area contributed by atoms with Crippen LogP contribution in [-0.2, 0) is 17.8 Å². The number of anilines is 3. The monoisotopic (exact) mass is 755 g/mol. The zero-order chi connectivity index (χ0) is 44.0. The van der Waals surface area contributed by atoms with Gasteiger partial charge in [-0.05, 0) is 109 Å². The normalized spacial score (nSPS) is 15.5. The second kappa shape index (κ2) is 12.9. The molecule has 0 atom stereocenters. The Morgan fingerprint density at radius 1 is 0.500 bits per heavy atom. The molecule has 0 fully saturated rings. The van der Waals surface area contributed by atoms with Crippen LogP contribution in [0.5, 0.6) is 0 Å². The quantitative estimate of drug-likeness (QED) is 0.125. The highest BCUT2D eigenvalue weighted by Gasteiger charge is 2.48. The summed E-state index contributed by atoms with van der Waals surface area (Å²) in [6.07, 6.45) is -10.9. The minimum atomic E-state index is -5.58. The number of benzene rings is 8. The summed E-state index contributed by atoms with van der Waals surface area (Å²) in [6, 6.07) is 45.8. The molecule has 0 N–H and O–H groups in total. The summed E-state index contributed by atoms with van der Waals surface area (Å²) in [4.78, 5) is 1.60. The Morgan fingerprint density at radius 2 is 1.09 bits per heavy atom. The summed E-state index contributed by atoms with van der Waals surface area (Å²) in [5.74, 6) is 0. The molecule has 56 heavy (non-hydrogen) atoms. The van der Waals surface area contributed by atoms with Crippen molar-refractivity contribution in [3.63, 3.8) is 0 Å². The summed E-state index contributed by atoms with van der Waals surface area (Å²) >= 11 is 0. The molecule has 0 unspecified atom stereocenters. The van der Waals surface area contributed by atoms with Crippen LogP contribution < -0.4 is 4.90 Å². The first-order valence-electron chi connectivity index (χ1n) is 20.7. The first-order valence-corrected chi connectivity index (χ1v) is 17.7. The summed E-state index contributed by atoms with van der Waals surface area (Å²) in [7, 11) is 0. The molecule has 0 saturated heterocycles. The average Bonchev–Trinajstić information content (AvgIpc) is 3.56. The van der Waals surface area contributed by atoms with Gasteiger partial charge in [-0.1, -0.05) is 129 Å². The number of nitrogens with zero attached hydrogens (tertiary/aromatic N) is 1. The van der Waals surface area contributed by atoms with Gasteiger partial charge in [-0.2, -0.15) is 26.3 Å². The minimum absolute atomic E-state index is 0.0251. The lowest BCUT2D eigenvalue weighted by atomic mass is 9.79. The summed E-state index contributed by atoms with van der Waals surface area (Å²) in [6.45, 7) is -7.41. The van der Waals surface area contributed by atoms with E-state index in [9.17, 15) is 13.2 Å². The molecule has 0 aromatic heterocycles. The van der Waals surface area contributed by atoms with Crippen molar-refractivity contribution in [1.82, 2.24) is 0 Å². The largest absolute Gasteiger partial charge is 0.416 e. The molecule has 1 nitrogen and oxygen atoms in total. The van der Waals surface area contributed by atoms with Crippen LogP contribution in [-0.4, -0.2) is 0 Å². The molecule has 0 heterocycles. The third-order valence-corrected chi connectivity index (χ3v) is 10.5. The molecular formula is C49H33F6N. The average molecular weight is 756 g/mol. The van der Waals surface area contributed by atoms with E-state index < -0.39 is 59.3 Å². The topological polar surface area (TPSA) is 3.24 Å². The zero-order valence-electron chi connectivity index (χ0n) is 35.3.